The molecule has 1 N–H and O–H groups in total. The second-order valence-electron chi connectivity index (χ2n) is 7.65. The Bertz CT molecular complexity index is 801. The summed E-state index contributed by atoms with van der Waals surface area (Å²) in [5.41, 5.74) is 4.49. The highest BCUT2D eigenvalue weighted by atomic mass is 16.5. The molecule has 1 aliphatic heterocycles. The van der Waals surface area contributed by atoms with E-state index in [0.717, 1.165) is 36.4 Å². The largest absolute Gasteiger partial charge is 0.497 e. The SMILES string of the molecule is COc1cccc(C2CCCN2CC(=O)Nc2c(C)cccc2C(C)C)c1. The lowest BCUT2D eigenvalue weighted by Gasteiger charge is -2.25. The number of ether oxygens (including phenoxy) is 1. The van der Waals surface area contributed by atoms with E-state index < -0.39 is 0 Å². The summed E-state index contributed by atoms with van der Waals surface area (Å²) in [6.07, 6.45) is 2.18. The van der Waals surface area contributed by atoms with Crippen LogP contribution in [-0.2, 0) is 4.79 Å². The van der Waals surface area contributed by atoms with Gasteiger partial charge in [-0.1, -0.05) is 44.2 Å². The number of anilines is 1. The highest BCUT2D eigenvalue weighted by Gasteiger charge is 2.28. The van der Waals surface area contributed by atoms with Crippen molar-refractivity contribution in [3.63, 3.8) is 0 Å². The third-order valence-electron chi connectivity index (χ3n) is 5.38. The van der Waals surface area contributed by atoms with Gasteiger partial charge in [-0.3, -0.25) is 9.69 Å². The number of benzene rings is 2. The maximum Gasteiger partial charge on any atom is 0.238 e. The van der Waals surface area contributed by atoms with Crippen molar-refractivity contribution in [1.29, 1.82) is 0 Å². The number of carbonyl (C=O) groups is 1. The molecule has 1 amide bonds. The average molecular weight is 367 g/mol. The zero-order valence-electron chi connectivity index (χ0n) is 16.8. The quantitative estimate of drug-likeness (QED) is 0.790. The van der Waals surface area contributed by atoms with Crippen LogP contribution < -0.4 is 10.1 Å². The van der Waals surface area contributed by atoms with Crippen LogP contribution in [0.5, 0.6) is 5.75 Å². The van der Waals surface area contributed by atoms with Gasteiger partial charge in [0.25, 0.3) is 0 Å². The number of nitrogens with one attached hydrogen (secondary N) is 1. The molecule has 1 fully saturated rings. The molecule has 3 rings (SSSR count). The van der Waals surface area contributed by atoms with Crippen LogP contribution in [0.25, 0.3) is 0 Å². The Hall–Kier alpha value is -2.33. The fraction of sp³-hybridized carbons (Fsp3) is 0.435. The highest BCUT2D eigenvalue weighted by molar-refractivity contribution is 5.94. The predicted molar refractivity (Wildman–Crippen MR) is 110 cm³/mol. The van der Waals surface area contributed by atoms with Crippen molar-refractivity contribution in [2.24, 2.45) is 0 Å². The molecule has 1 heterocycles. The van der Waals surface area contributed by atoms with E-state index in [-0.39, 0.29) is 11.9 Å². The Labute approximate surface area is 162 Å². The van der Waals surface area contributed by atoms with Gasteiger partial charge in [0.15, 0.2) is 0 Å². The zero-order chi connectivity index (χ0) is 19.4. The molecule has 1 atom stereocenters. The van der Waals surface area contributed by atoms with Crippen LogP contribution in [0.2, 0.25) is 0 Å². The van der Waals surface area contributed by atoms with Crippen LogP contribution >= 0.6 is 0 Å². The number of methoxy groups -OCH3 is 1. The summed E-state index contributed by atoms with van der Waals surface area (Å²) < 4.78 is 5.36. The maximum absolute atomic E-state index is 12.8. The van der Waals surface area contributed by atoms with Crippen molar-refractivity contribution < 1.29 is 9.53 Å². The Morgan fingerprint density at radius 1 is 1.26 bits per heavy atom. The van der Waals surface area contributed by atoms with Crippen LogP contribution in [0.15, 0.2) is 42.5 Å². The molecule has 0 bridgehead atoms. The molecule has 144 valence electrons. The summed E-state index contributed by atoms with van der Waals surface area (Å²) >= 11 is 0. The van der Waals surface area contributed by atoms with E-state index in [9.17, 15) is 4.79 Å². The maximum atomic E-state index is 12.8. The molecule has 27 heavy (non-hydrogen) atoms. The molecule has 0 aliphatic carbocycles. The normalized spacial score (nSPS) is 17.3. The lowest BCUT2D eigenvalue weighted by molar-refractivity contribution is -0.117. The van der Waals surface area contributed by atoms with Gasteiger partial charge in [0.05, 0.1) is 13.7 Å². The summed E-state index contributed by atoms with van der Waals surface area (Å²) in [5.74, 6) is 1.29. The van der Waals surface area contributed by atoms with Crippen LogP contribution in [0.3, 0.4) is 0 Å². The molecule has 1 aliphatic rings. The predicted octanol–water partition coefficient (Wildman–Crippen LogP) is 4.90. The molecule has 2 aromatic carbocycles. The number of likely N-dealkylation sites (tertiary alicyclic amines) is 1. The van der Waals surface area contributed by atoms with Gasteiger partial charge in [-0.15, -0.1) is 0 Å². The molecule has 0 saturated carbocycles. The Kier molecular flexibility index (Phi) is 6.17. The number of amides is 1. The first kappa shape index (κ1) is 19.4. The van der Waals surface area contributed by atoms with Crippen molar-refractivity contribution in [2.75, 3.05) is 25.5 Å². The van der Waals surface area contributed by atoms with Crippen LogP contribution in [0, 0.1) is 6.92 Å². The number of para-hydroxylation sites is 1. The summed E-state index contributed by atoms with van der Waals surface area (Å²) in [6.45, 7) is 7.72. The van der Waals surface area contributed by atoms with Gasteiger partial charge in [-0.25, -0.2) is 0 Å². The smallest absolute Gasteiger partial charge is 0.238 e. The summed E-state index contributed by atoms with van der Waals surface area (Å²) in [6, 6.07) is 14.7. The number of hydrogen-bond donors (Lipinski definition) is 1. The van der Waals surface area contributed by atoms with E-state index in [1.54, 1.807) is 7.11 Å². The fourth-order valence-corrected chi connectivity index (χ4v) is 3.95. The number of aryl methyl sites for hydroxylation is 1. The van der Waals surface area contributed by atoms with E-state index in [2.05, 4.69) is 61.3 Å². The van der Waals surface area contributed by atoms with E-state index in [4.69, 9.17) is 4.74 Å². The van der Waals surface area contributed by atoms with Gasteiger partial charge in [0.1, 0.15) is 5.75 Å². The van der Waals surface area contributed by atoms with Gasteiger partial charge in [0, 0.05) is 11.7 Å². The van der Waals surface area contributed by atoms with Crippen LogP contribution in [-0.4, -0.2) is 31.0 Å². The summed E-state index contributed by atoms with van der Waals surface area (Å²) in [7, 11) is 1.69. The molecule has 4 nitrogen and oxygen atoms in total. The van der Waals surface area contributed by atoms with Gasteiger partial charge < -0.3 is 10.1 Å². The molecule has 0 radical (unpaired) electrons. The summed E-state index contributed by atoms with van der Waals surface area (Å²) in [4.78, 5) is 15.1. The van der Waals surface area contributed by atoms with E-state index in [1.165, 1.54) is 11.1 Å². The number of hydrogen-bond acceptors (Lipinski definition) is 3. The molecule has 1 unspecified atom stereocenters. The first-order chi connectivity index (χ1) is 13.0. The van der Waals surface area contributed by atoms with Crippen molar-refractivity contribution in [3.8, 4) is 5.75 Å². The molecule has 0 aromatic heterocycles. The lowest BCUT2D eigenvalue weighted by atomic mass is 9.98. The zero-order valence-corrected chi connectivity index (χ0v) is 16.8. The molecule has 2 aromatic rings. The second kappa shape index (κ2) is 8.57. The van der Waals surface area contributed by atoms with Gasteiger partial charge in [-0.2, -0.15) is 0 Å². The molecule has 4 heteroatoms. The number of rotatable bonds is 6. The van der Waals surface area contributed by atoms with Gasteiger partial charge in [-0.05, 0) is 61.1 Å². The Morgan fingerprint density at radius 3 is 2.78 bits per heavy atom. The minimum absolute atomic E-state index is 0.0565. The molecule has 1 saturated heterocycles. The standard InChI is InChI=1S/C23H30N2O2/c1-16(2)20-11-5-8-17(3)23(20)24-22(26)15-25-13-7-12-21(25)18-9-6-10-19(14-18)27-4/h5-6,8-11,14,16,21H,7,12-13,15H2,1-4H3,(H,24,26). The summed E-state index contributed by atoms with van der Waals surface area (Å²) in [5, 5.41) is 3.18. The van der Waals surface area contributed by atoms with Crippen molar-refractivity contribution in [2.45, 2.75) is 45.6 Å². The fourth-order valence-electron chi connectivity index (χ4n) is 3.95. The number of carbonyl (C=O) groups excluding carboxylic acids is 1. The Morgan fingerprint density at radius 2 is 2.04 bits per heavy atom. The Balaban J connectivity index is 1.72. The third kappa shape index (κ3) is 4.51. The van der Waals surface area contributed by atoms with Crippen molar-refractivity contribution in [3.05, 3.63) is 59.2 Å². The first-order valence-electron chi connectivity index (χ1n) is 9.77. The third-order valence-corrected chi connectivity index (χ3v) is 5.38. The lowest BCUT2D eigenvalue weighted by Crippen LogP contribution is -2.33. The highest BCUT2D eigenvalue weighted by Crippen LogP contribution is 2.33. The van der Waals surface area contributed by atoms with Crippen LogP contribution in [0.1, 0.15) is 55.3 Å². The van der Waals surface area contributed by atoms with Gasteiger partial charge >= 0.3 is 0 Å². The number of nitrogens with zero attached hydrogens (tertiary/aromatic N) is 1. The topological polar surface area (TPSA) is 41.6 Å². The van der Waals surface area contributed by atoms with Gasteiger partial charge in [0.2, 0.25) is 5.91 Å². The molecular weight excluding hydrogens is 336 g/mol. The minimum Gasteiger partial charge on any atom is -0.497 e. The van der Waals surface area contributed by atoms with Crippen molar-refractivity contribution in [1.82, 2.24) is 4.90 Å². The second-order valence-corrected chi connectivity index (χ2v) is 7.65. The molecule has 0 spiro atoms. The van der Waals surface area contributed by atoms with Crippen molar-refractivity contribution >= 4 is 11.6 Å². The van der Waals surface area contributed by atoms with E-state index in [1.807, 2.05) is 12.1 Å². The minimum atomic E-state index is 0.0565. The first-order valence-corrected chi connectivity index (χ1v) is 9.77. The average Bonchev–Trinajstić information content (AvgIpc) is 3.11. The monoisotopic (exact) mass is 366 g/mol. The molecular formula is C23H30N2O2. The van der Waals surface area contributed by atoms with E-state index >= 15 is 0 Å². The van der Waals surface area contributed by atoms with Crippen LogP contribution in [0.4, 0.5) is 5.69 Å². The van der Waals surface area contributed by atoms with E-state index in [0.29, 0.717) is 12.5 Å².